The van der Waals surface area contributed by atoms with Gasteiger partial charge in [0.1, 0.15) is 9.90 Å². The standard InChI is InChI=1S/C14H17N5O3S2/c1-10-17-18-14(23-10)16-13(20)11-4-7-19(8-5-11)24(21,22)12-3-2-6-15-9-12/h2-3,6,9,11H,4-5,7-8H2,1H3,(H,16,18,20). The van der Waals surface area contributed by atoms with Crippen molar-refractivity contribution in [3.05, 3.63) is 29.5 Å². The molecule has 1 saturated heterocycles. The average molecular weight is 367 g/mol. The van der Waals surface area contributed by atoms with Gasteiger partial charge in [-0.1, -0.05) is 11.3 Å². The van der Waals surface area contributed by atoms with Crippen molar-refractivity contribution in [3.63, 3.8) is 0 Å². The van der Waals surface area contributed by atoms with Crippen molar-refractivity contribution in [1.82, 2.24) is 19.5 Å². The third-order valence-corrected chi connectivity index (χ3v) is 6.49. The second kappa shape index (κ2) is 6.91. The van der Waals surface area contributed by atoms with Crippen LogP contribution >= 0.6 is 11.3 Å². The van der Waals surface area contributed by atoms with Crippen LogP contribution in [0, 0.1) is 12.8 Å². The van der Waals surface area contributed by atoms with E-state index in [1.54, 1.807) is 6.07 Å². The summed E-state index contributed by atoms with van der Waals surface area (Å²) in [4.78, 5) is 16.3. The van der Waals surface area contributed by atoms with E-state index in [-0.39, 0.29) is 16.7 Å². The van der Waals surface area contributed by atoms with Crippen molar-refractivity contribution in [3.8, 4) is 0 Å². The van der Waals surface area contributed by atoms with E-state index in [0.29, 0.717) is 31.1 Å². The Balaban J connectivity index is 1.60. The van der Waals surface area contributed by atoms with Crippen LogP contribution in [0.25, 0.3) is 0 Å². The first-order valence-electron chi connectivity index (χ1n) is 7.48. The van der Waals surface area contributed by atoms with E-state index in [0.717, 1.165) is 5.01 Å². The maximum absolute atomic E-state index is 12.5. The number of carbonyl (C=O) groups excluding carboxylic acids is 1. The van der Waals surface area contributed by atoms with Gasteiger partial charge in [-0.3, -0.25) is 9.78 Å². The summed E-state index contributed by atoms with van der Waals surface area (Å²) in [5.41, 5.74) is 0. The molecule has 1 amide bonds. The average Bonchev–Trinajstić information content (AvgIpc) is 3.00. The molecule has 0 aromatic carbocycles. The zero-order chi connectivity index (χ0) is 17.2. The van der Waals surface area contributed by atoms with E-state index in [2.05, 4.69) is 20.5 Å². The fourth-order valence-electron chi connectivity index (χ4n) is 2.56. The molecule has 128 valence electrons. The Labute approximate surface area is 144 Å². The molecule has 24 heavy (non-hydrogen) atoms. The third kappa shape index (κ3) is 3.60. The maximum Gasteiger partial charge on any atom is 0.244 e. The fraction of sp³-hybridized carbons (Fsp3) is 0.429. The first-order chi connectivity index (χ1) is 11.5. The molecule has 1 aliphatic heterocycles. The molecule has 0 atom stereocenters. The highest BCUT2D eigenvalue weighted by molar-refractivity contribution is 7.89. The number of aromatic nitrogens is 3. The van der Waals surface area contributed by atoms with E-state index < -0.39 is 10.0 Å². The van der Waals surface area contributed by atoms with Crippen LogP contribution in [-0.4, -0.2) is 46.9 Å². The van der Waals surface area contributed by atoms with Crippen molar-refractivity contribution in [2.75, 3.05) is 18.4 Å². The molecular weight excluding hydrogens is 350 g/mol. The maximum atomic E-state index is 12.5. The summed E-state index contributed by atoms with van der Waals surface area (Å²) in [6, 6.07) is 3.12. The Bertz CT molecular complexity index is 814. The predicted octanol–water partition coefficient (Wildman–Crippen LogP) is 1.28. The van der Waals surface area contributed by atoms with Crippen LogP contribution in [0.15, 0.2) is 29.4 Å². The summed E-state index contributed by atoms with van der Waals surface area (Å²) < 4.78 is 26.5. The number of nitrogens with zero attached hydrogens (tertiary/aromatic N) is 4. The Morgan fingerprint density at radius 2 is 2.08 bits per heavy atom. The van der Waals surface area contributed by atoms with E-state index in [1.165, 1.54) is 34.1 Å². The van der Waals surface area contributed by atoms with Crippen LogP contribution in [0.1, 0.15) is 17.8 Å². The minimum absolute atomic E-state index is 0.135. The largest absolute Gasteiger partial charge is 0.300 e. The number of carbonyl (C=O) groups is 1. The molecule has 3 rings (SSSR count). The Kier molecular flexibility index (Phi) is 4.88. The van der Waals surface area contributed by atoms with Crippen LogP contribution in [-0.2, 0) is 14.8 Å². The van der Waals surface area contributed by atoms with Gasteiger partial charge in [0.15, 0.2) is 0 Å². The fourth-order valence-corrected chi connectivity index (χ4v) is 4.59. The summed E-state index contributed by atoms with van der Waals surface area (Å²) >= 11 is 1.31. The Morgan fingerprint density at radius 1 is 1.33 bits per heavy atom. The van der Waals surface area contributed by atoms with E-state index in [1.807, 2.05) is 6.92 Å². The van der Waals surface area contributed by atoms with Gasteiger partial charge in [-0.05, 0) is 31.9 Å². The Morgan fingerprint density at radius 3 is 2.67 bits per heavy atom. The van der Waals surface area contributed by atoms with Crippen molar-refractivity contribution in [2.24, 2.45) is 5.92 Å². The molecule has 0 aliphatic carbocycles. The van der Waals surface area contributed by atoms with Crippen LogP contribution in [0.3, 0.4) is 0 Å². The topological polar surface area (TPSA) is 105 Å². The van der Waals surface area contributed by atoms with Crippen molar-refractivity contribution in [1.29, 1.82) is 0 Å². The number of hydrogen-bond acceptors (Lipinski definition) is 7. The molecule has 8 nitrogen and oxygen atoms in total. The molecule has 1 fully saturated rings. The number of amides is 1. The highest BCUT2D eigenvalue weighted by Gasteiger charge is 2.32. The van der Waals surface area contributed by atoms with Gasteiger partial charge < -0.3 is 5.32 Å². The summed E-state index contributed by atoms with van der Waals surface area (Å²) in [6.07, 6.45) is 3.82. The molecule has 0 radical (unpaired) electrons. The number of anilines is 1. The van der Waals surface area contributed by atoms with Crippen molar-refractivity contribution >= 4 is 32.4 Å². The number of hydrogen-bond donors (Lipinski definition) is 1. The van der Waals surface area contributed by atoms with Crippen LogP contribution in [0.4, 0.5) is 5.13 Å². The summed E-state index contributed by atoms with van der Waals surface area (Å²) in [5, 5.41) is 11.7. The number of pyridine rings is 1. The minimum atomic E-state index is -3.55. The molecule has 0 saturated carbocycles. The summed E-state index contributed by atoms with van der Waals surface area (Å²) in [6.45, 7) is 2.43. The van der Waals surface area contributed by atoms with Crippen LogP contribution < -0.4 is 5.32 Å². The van der Waals surface area contributed by atoms with E-state index in [9.17, 15) is 13.2 Å². The third-order valence-electron chi connectivity index (χ3n) is 3.85. The van der Waals surface area contributed by atoms with Gasteiger partial charge in [-0.2, -0.15) is 4.31 Å². The summed E-state index contributed by atoms with van der Waals surface area (Å²) in [5.74, 6) is -0.362. The molecule has 2 aromatic heterocycles. The molecule has 1 N–H and O–H groups in total. The van der Waals surface area contributed by atoms with Crippen molar-refractivity contribution in [2.45, 2.75) is 24.7 Å². The van der Waals surface area contributed by atoms with E-state index in [4.69, 9.17) is 0 Å². The predicted molar refractivity (Wildman–Crippen MR) is 89.0 cm³/mol. The SMILES string of the molecule is Cc1nnc(NC(=O)C2CCN(S(=O)(=O)c3cccnc3)CC2)s1. The zero-order valence-electron chi connectivity index (χ0n) is 13.0. The molecule has 3 heterocycles. The molecule has 10 heteroatoms. The molecular formula is C14H17N5O3S2. The smallest absolute Gasteiger partial charge is 0.244 e. The van der Waals surface area contributed by atoms with Crippen LogP contribution in [0.5, 0.6) is 0 Å². The lowest BCUT2D eigenvalue weighted by Gasteiger charge is -2.30. The number of piperidine rings is 1. The van der Waals surface area contributed by atoms with Gasteiger partial charge >= 0.3 is 0 Å². The highest BCUT2D eigenvalue weighted by atomic mass is 32.2. The summed E-state index contributed by atoms with van der Waals surface area (Å²) in [7, 11) is -3.55. The molecule has 2 aromatic rings. The van der Waals surface area contributed by atoms with Gasteiger partial charge in [0.05, 0.1) is 0 Å². The molecule has 1 aliphatic rings. The lowest BCUT2D eigenvalue weighted by Crippen LogP contribution is -2.41. The highest BCUT2D eigenvalue weighted by Crippen LogP contribution is 2.25. The van der Waals surface area contributed by atoms with Crippen molar-refractivity contribution < 1.29 is 13.2 Å². The number of nitrogens with one attached hydrogen (secondary N) is 1. The number of sulfonamides is 1. The van der Waals surface area contributed by atoms with E-state index >= 15 is 0 Å². The zero-order valence-corrected chi connectivity index (χ0v) is 14.7. The minimum Gasteiger partial charge on any atom is -0.300 e. The molecule has 0 unspecified atom stereocenters. The quantitative estimate of drug-likeness (QED) is 0.873. The lowest BCUT2D eigenvalue weighted by atomic mass is 9.97. The van der Waals surface area contributed by atoms with Gasteiger partial charge in [0.2, 0.25) is 21.1 Å². The normalized spacial score (nSPS) is 16.9. The van der Waals surface area contributed by atoms with Crippen LogP contribution in [0.2, 0.25) is 0 Å². The first kappa shape index (κ1) is 16.9. The van der Waals surface area contributed by atoms with Gasteiger partial charge in [-0.15, -0.1) is 10.2 Å². The molecule has 0 bridgehead atoms. The first-order valence-corrected chi connectivity index (χ1v) is 9.73. The monoisotopic (exact) mass is 367 g/mol. The lowest BCUT2D eigenvalue weighted by molar-refractivity contribution is -0.120. The van der Waals surface area contributed by atoms with Gasteiger partial charge in [-0.25, -0.2) is 8.42 Å². The number of rotatable bonds is 4. The Hall–Kier alpha value is -1.91. The second-order valence-corrected chi connectivity index (χ2v) is 8.60. The van der Waals surface area contributed by atoms with Gasteiger partial charge in [0.25, 0.3) is 0 Å². The molecule has 0 spiro atoms. The number of aryl methyl sites for hydroxylation is 1. The second-order valence-electron chi connectivity index (χ2n) is 5.48. The van der Waals surface area contributed by atoms with Gasteiger partial charge in [0, 0.05) is 31.4 Å².